The zero-order chi connectivity index (χ0) is 15.4. The van der Waals surface area contributed by atoms with Gasteiger partial charge in [-0.1, -0.05) is 24.3 Å². The topological polar surface area (TPSA) is 41.5 Å². The molecule has 1 fully saturated rings. The van der Waals surface area contributed by atoms with Crippen molar-refractivity contribution in [2.75, 3.05) is 19.7 Å². The van der Waals surface area contributed by atoms with E-state index in [1.165, 1.54) is 12.1 Å². The van der Waals surface area contributed by atoms with Crippen molar-refractivity contribution in [1.29, 1.82) is 0 Å². The van der Waals surface area contributed by atoms with Crippen molar-refractivity contribution in [3.63, 3.8) is 0 Å². The third-order valence-corrected chi connectivity index (χ3v) is 4.33. The Labute approximate surface area is 130 Å². The molecule has 2 aliphatic rings. The van der Waals surface area contributed by atoms with E-state index in [1.807, 2.05) is 18.2 Å². The maximum absolute atomic E-state index is 13.3. The van der Waals surface area contributed by atoms with Gasteiger partial charge in [0.1, 0.15) is 5.82 Å². The van der Waals surface area contributed by atoms with Gasteiger partial charge in [0, 0.05) is 5.92 Å². The summed E-state index contributed by atoms with van der Waals surface area (Å²) in [5, 5.41) is 13.7. The predicted octanol–water partition coefficient (Wildman–Crippen LogP) is 2.74. The van der Waals surface area contributed by atoms with Crippen LogP contribution in [0, 0.1) is 11.7 Å². The smallest absolute Gasteiger partial charge is 0.205 e. The summed E-state index contributed by atoms with van der Waals surface area (Å²) in [5.41, 5.74) is 0.868. The number of hydrogen-bond acceptors (Lipinski definition) is 3. The van der Waals surface area contributed by atoms with E-state index in [0.29, 0.717) is 12.5 Å². The normalized spacial score (nSPS) is 28.9. The molecule has 0 aromatic heterocycles. The molecule has 3 nitrogen and oxygen atoms in total. The quantitative estimate of drug-likeness (QED) is 0.664. The van der Waals surface area contributed by atoms with Crippen molar-refractivity contribution in [2.45, 2.75) is 24.5 Å². The summed E-state index contributed by atoms with van der Waals surface area (Å²) in [6, 6.07) is 6.52. The Morgan fingerprint density at radius 2 is 1.95 bits per heavy atom. The minimum Gasteiger partial charge on any atom is -0.359 e. The van der Waals surface area contributed by atoms with E-state index in [1.54, 1.807) is 18.2 Å². The van der Waals surface area contributed by atoms with Crippen molar-refractivity contribution in [3.05, 3.63) is 60.0 Å². The molecule has 1 aromatic rings. The van der Waals surface area contributed by atoms with E-state index >= 15 is 0 Å². The van der Waals surface area contributed by atoms with E-state index < -0.39 is 5.79 Å². The molecule has 0 unspecified atom stereocenters. The molecule has 1 aliphatic carbocycles. The van der Waals surface area contributed by atoms with E-state index in [9.17, 15) is 9.50 Å². The second kappa shape index (κ2) is 6.73. The van der Waals surface area contributed by atoms with E-state index in [-0.39, 0.29) is 11.7 Å². The molecule has 1 aromatic carbocycles. The van der Waals surface area contributed by atoms with Crippen LogP contribution in [0.25, 0.3) is 0 Å². The zero-order valence-corrected chi connectivity index (χ0v) is 12.5. The lowest BCUT2D eigenvalue weighted by atomic mass is 9.92. The van der Waals surface area contributed by atoms with Crippen LogP contribution in [0.15, 0.2) is 48.6 Å². The second-order valence-electron chi connectivity index (χ2n) is 6.06. The molecule has 0 saturated carbocycles. The van der Waals surface area contributed by atoms with Crippen LogP contribution in [0.2, 0.25) is 0 Å². The largest absolute Gasteiger partial charge is 0.359 e. The van der Waals surface area contributed by atoms with Crippen LogP contribution in [0.4, 0.5) is 4.39 Å². The van der Waals surface area contributed by atoms with Crippen LogP contribution < -0.4 is 5.32 Å². The number of rotatable bonds is 4. The molecule has 4 heteroatoms. The van der Waals surface area contributed by atoms with Crippen molar-refractivity contribution in [1.82, 2.24) is 5.32 Å². The minimum absolute atomic E-state index is 0.0292. The average molecular weight is 303 g/mol. The number of hydrogen-bond donors (Lipinski definition) is 2. The Bertz CT molecular complexity index is 550. The van der Waals surface area contributed by atoms with Crippen LogP contribution in [0.1, 0.15) is 24.3 Å². The van der Waals surface area contributed by atoms with Gasteiger partial charge in [0.05, 0.1) is 6.61 Å². The van der Waals surface area contributed by atoms with E-state index in [2.05, 4.69) is 5.32 Å². The number of nitrogens with one attached hydrogen (secondary N) is 1. The molecule has 0 bridgehead atoms. The van der Waals surface area contributed by atoms with Crippen LogP contribution in [-0.2, 0) is 4.74 Å². The van der Waals surface area contributed by atoms with E-state index in [4.69, 9.17) is 4.74 Å². The predicted molar refractivity (Wildman–Crippen MR) is 83.9 cm³/mol. The summed E-state index contributed by atoms with van der Waals surface area (Å²) in [5.74, 6) is -1.12. The second-order valence-corrected chi connectivity index (χ2v) is 6.06. The highest BCUT2D eigenvalue weighted by Gasteiger charge is 2.27. The van der Waals surface area contributed by atoms with Gasteiger partial charge in [-0.2, -0.15) is 0 Å². The monoisotopic (exact) mass is 303 g/mol. The summed E-state index contributed by atoms with van der Waals surface area (Å²) in [7, 11) is 0. The van der Waals surface area contributed by atoms with Gasteiger partial charge in [-0.05, 0) is 61.7 Å². The van der Waals surface area contributed by atoms with Crippen LogP contribution in [-0.4, -0.2) is 30.6 Å². The van der Waals surface area contributed by atoms with Gasteiger partial charge in [-0.25, -0.2) is 4.39 Å². The van der Waals surface area contributed by atoms with Gasteiger partial charge in [0.2, 0.25) is 5.79 Å². The molecule has 0 spiro atoms. The number of ether oxygens (including phenoxy) is 1. The van der Waals surface area contributed by atoms with Crippen LogP contribution in [0.5, 0.6) is 0 Å². The molecule has 1 heterocycles. The molecule has 2 N–H and O–H groups in total. The summed E-state index contributed by atoms with van der Waals surface area (Å²) >= 11 is 0. The summed E-state index contributed by atoms with van der Waals surface area (Å²) in [4.78, 5) is 0. The van der Waals surface area contributed by atoms with Crippen molar-refractivity contribution in [3.8, 4) is 0 Å². The highest BCUT2D eigenvalue weighted by atomic mass is 19.1. The molecule has 0 amide bonds. The number of piperidine rings is 1. The number of halogens is 1. The van der Waals surface area contributed by atoms with Crippen molar-refractivity contribution in [2.24, 2.45) is 5.92 Å². The Kier molecular flexibility index (Phi) is 4.71. The molecule has 118 valence electrons. The summed E-state index contributed by atoms with van der Waals surface area (Å²) < 4.78 is 19.0. The highest BCUT2D eigenvalue weighted by molar-refractivity contribution is 5.34. The lowest BCUT2D eigenvalue weighted by Crippen LogP contribution is -2.35. The van der Waals surface area contributed by atoms with Gasteiger partial charge in [-0.3, -0.25) is 0 Å². The fourth-order valence-electron chi connectivity index (χ4n) is 2.93. The van der Waals surface area contributed by atoms with Gasteiger partial charge >= 0.3 is 0 Å². The van der Waals surface area contributed by atoms with Crippen molar-refractivity contribution < 1.29 is 14.2 Å². The SMILES string of the molecule is OC1(OCC2CCNCC2)C=CC(c2cccc(F)c2)C=C1. The number of allylic oxidation sites excluding steroid dienone is 2. The fraction of sp³-hybridized carbons (Fsp3) is 0.444. The molecule has 1 saturated heterocycles. The first-order valence-electron chi connectivity index (χ1n) is 7.86. The Morgan fingerprint density at radius 1 is 1.23 bits per heavy atom. The number of aliphatic hydroxyl groups is 1. The van der Waals surface area contributed by atoms with Crippen LogP contribution >= 0.6 is 0 Å². The molecule has 3 rings (SSSR count). The highest BCUT2D eigenvalue weighted by Crippen LogP contribution is 2.28. The molecule has 0 atom stereocenters. The van der Waals surface area contributed by atoms with Gasteiger partial charge in [0.15, 0.2) is 0 Å². The minimum atomic E-state index is -1.34. The fourth-order valence-corrected chi connectivity index (χ4v) is 2.93. The first-order chi connectivity index (χ1) is 10.6. The first-order valence-corrected chi connectivity index (χ1v) is 7.86. The first kappa shape index (κ1) is 15.4. The van der Waals surface area contributed by atoms with Crippen molar-refractivity contribution >= 4 is 0 Å². The van der Waals surface area contributed by atoms with Gasteiger partial charge < -0.3 is 15.2 Å². The molecule has 0 radical (unpaired) electrons. The summed E-state index contributed by atoms with van der Waals surface area (Å²) in [6.07, 6.45) is 9.19. The molecular formula is C18H22FNO2. The third-order valence-electron chi connectivity index (χ3n) is 4.33. The van der Waals surface area contributed by atoms with Gasteiger partial charge in [0.25, 0.3) is 0 Å². The van der Waals surface area contributed by atoms with Crippen LogP contribution in [0.3, 0.4) is 0 Å². The standard InChI is InChI=1S/C18H22FNO2/c19-17-3-1-2-16(12-17)15-4-8-18(21,9-5-15)22-13-14-6-10-20-11-7-14/h1-5,8-9,12,14-15,20-21H,6-7,10-11,13H2. The molecular weight excluding hydrogens is 281 g/mol. The van der Waals surface area contributed by atoms with Gasteiger partial charge in [-0.15, -0.1) is 0 Å². The lowest BCUT2D eigenvalue weighted by Gasteiger charge is -2.29. The maximum atomic E-state index is 13.3. The summed E-state index contributed by atoms with van der Waals surface area (Å²) in [6.45, 7) is 2.58. The Hall–Kier alpha value is -1.49. The Morgan fingerprint density at radius 3 is 2.64 bits per heavy atom. The molecule has 22 heavy (non-hydrogen) atoms. The zero-order valence-electron chi connectivity index (χ0n) is 12.5. The average Bonchev–Trinajstić information content (AvgIpc) is 2.55. The Balaban J connectivity index is 1.58. The number of benzene rings is 1. The lowest BCUT2D eigenvalue weighted by molar-refractivity contribution is -0.142. The van der Waals surface area contributed by atoms with E-state index in [0.717, 1.165) is 31.5 Å². The third kappa shape index (κ3) is 3.83. The maximum Gasteiger partial charge on any atom is 0.205 e. The molecule has 1 aliphatic heterocycles.